The largest absolute Gasteiger partial charge is 0.310 e. The summed E-state index contributed by atoms with van der Waals surface area (Å²) in [5, 5.41) is 5.14. The maximum atomic E-state index is 3.70. The number of para-hydroxylation sites is 3. The molecule has 2 aromatic heterocycles. The molecule has 0 aliphatic heterocycles. The first-order valence-corrected chi connectivity index (χ1v) is 18.0. The van der Waals surface area contributed by atoms with Crippen LogP contribution in [-0.2, 0) is 0 Å². The Hall–Kier alpha value is -5.16. The summed E-state index contributed by atoms with van der Waals surface area (Å²) in [5.74, 6) is 0. The van der Waals surface area contributed by atoms with Gasteiger partial charge in [-0.25, -0.2) is 0 Å². The van der Waals surface area contributed by atoms with Crippen LogP contribution in [0, 0.1) is 0 Å². The summed E-state index contributed by atoms with van der Waals surface area (Å²) < 4.78 is 6.14. The summed E-state index contributed by atoms with van der Waals surface area (Å²) in [4.78, 5) is 2.38. The molecule has 0 N–H and O–H groups in total. The maximum absolute atomic E-state index is 3.70. The first kappa shape index (κ1) is 30.2. The van der Waals surface area contributed by atoms with E-state index in [-0.39, 0.29) is 0 Å². The molecular weight excluding hydrogens is 668 g/mol. The van der Waals surface area contributed by atoms with Crippen LogP contribution in [0.3, 0.4) is 0 Å². The summed E-state index contributed by atoms with van der Waals surface area (Å²) in [7, 11) is 0. The van der Waals surface area contributed by atoms with Gasteiger partial charge in [0.15, 0.2) is 0 Å². The van der Waals surface area contributed by atoms with Gasteiger partial charge in [0.25, 0.3) is 0 Å². The maximum Gasteiger partial charge on any atom is 0.0561 e. The van der Waals surface area contributed by atoms with E-state index in [0.29, 0.717) is 0 Å². The fourth-order valence-corrected chi connectivity index (χ4v) is 8.32. The van der Waals surface area contributed by atoms with E-state index in [2.05, 4.69) is 189 Å². The second kappa shape index (κ2) is 12.8. The molecule has 9 rings (SSSR count). The lowest BCUT2D eigenvalue weighted by atomic mass is 10.0. The van der Waals surface area contributed by atoms with Gasteiger partial charge in [0.2, 0.25) is 0 Å². The van der Waals surface area contributed by atoms with Crippen LogP contribution >= 0.6 is 27.3 Å². The van der Waals surface area contributed by atoms with Crippen LogP contribution in [-0.4, -0.2) is 4.57 Å². The molecule has 4 heteroatoms. The van der Waals surface area contributed by atoms with Crippen LogP contribution < -0.4 is 4.90 Å². The molecule has 2 heterocycles. The third-order valence-electron chi connectivity index (χ3n) is 8.82. The van der Waals surface area contributed by atoms with Crippen LogP contribution in [0.2, 0.25) is 0 Å². The molecule has 7 aromatic carbocycles. The zero-order chi connectivity index (χ0) is 32.6. The highest BCUT2D eigenvalue weighted by atomic mass is 79.9. The summed E-state index contributed by atoms with van der Waals surface area (Å²) in [6.45, 7) is 4.00. The van der Waals surface area contributed by atoms with Gasteiger partial charge >= 0.3 is 0 Å². The Labute approximate surface area is 293 Å². The molecule has 0 bridgehead atoms. The summed E-state index contributed by atoms with van der Waals surface area (Å²) in [6, 6.07) is 59.1. The number of halogens is 1. The average molecular weight is 702 g/mol. The standard InChI is InChI=1S/C42H27BrN2S.C2H6/c43-29-13-11-12-28(24-29)33-18-7-9-20-38(33)44(30-14-3-1-4-15-30)32-22-23-34-36-27-42-37(35-19-8-10-21-41(35)46-42)26-40(36)45(39(34)25-32)31-16-5-2-6-17-31;1-2/h1-27H;1-2H3. The van der Waals surface area contributed by atoms with Gasteiger partial charge in [0.05, 0.1) is 16.7 Å². The number of fused-ring (bicyclic) bond motifs is 6. The highest BCUT2D eigenvalue weighted by Crippen LogP contribution is 2.45. The molecule has 0 aliphatic rings. The number of thiophene rings is 1. The Morgan fingerprint density at radius 3 is 2.02 bits per heavy atom. The quantitative estimate of drug-likeness (QED) is 0.173. The summed E-state index contributed by atoms with van der Waals surface area (Å²) in [6.07, 6.45) is 0. The lowest BCUT2D eigenvalue weighted by molar-refractivity contribution is 1.18. The monoisotopic (exact) mass is 700 g/mol. The zero-order valence-corrected chi connectivity index (χ0v) is 29.2. The van der Waals surface area contributed by atoms with Crippen LogP contribution in [0.25, 0.3) is 58.8 Å². The normalized spacial score (nSPS) is 11.2. The highest BCUT2D eigenvalue weighted by molar-refractivity contribution is 9.10. The van der Waals surface area contributed by atoms with E-state index in [4.69, 9.17) is 0 Å². The third-order valence-corrected chi connectivity index (χ3v) is 10.4. The number of rotatable bonds is 5. The molecule has 0 aliphatic carbocycles. The van der Waals surface area contributed by atoms with Crippen molar-refractivity contribution in [2.45, 2.75) is 13.8 Å². The van der Waals surface area contributed by atoms with Gasteiger partial charge in [-0.05, 0) is 78.4 Å². The minimum Gasteiger partial charge on any atom is -0.310 e. The first-order chi connectivity index (χ1) is 23.7. The van der Waals surface area contributed by atoms with E-state index in [1.165, 1.54) is 47.5 Å². The first-order valence-electron chi connectivity index (χ1n) is 16.4. The molecule has 0 unspecified atom stereocenters. The molecule has 9 aromatic rings. The molecule has 2 nitrogen and oxygen atoms in total. The van der Waals surface area contributed by atoms with E-state index in [1.807, 2.05) is 25.2 Å². The number of anilines is 3. The van der Waals surface area contributed by atoms with Gasteiger partial charge in [-0.1, -0.05) is 121 Å². The smallest absolute Gasteiger partial charge is 0.0561 e. The SMILES string of the molecule is Brc1cccc(-c2ccccc2N(c2ccccc2)c2ccc3c4cc5sc6ccccc6c5cc4n(-c4ccccc4)c3c2)c1.CC. The number of benzene rings is 7. The van der Waals surface area contributed by atoms with Crippen molar-refractivity contribution in [3.05, 3.63) is 168 Å². The molecule has 48 heavy (non-hydrogen) atoms. The van der Waals surface area contributed by atoms with E-state index in [0.717, 1.165) is 32.8 Å². The Morgan fingerprint density at radius 2 is 1.21 bits per heavy atom. The second-order valence-electron chi connectivity index (χ2n) is 11.5. The minimum atomic E-state index is 1.06. The van der Waals surface area contributed by atoms with Gasteiger partial charge < -0.3 is 9.47 Å². The van der Waals surface area contributed by atoms with Crippen molar-refractivity contribution < 1.29 is 0 Å². The van der Waals surface area contributed by atoms with Gasteiger partial charge in [-0.15, -0.1) is 11.3 Å². The lowest BCUT2D eigenvalue weighted by Gasteiger charge is -2.28. The minimum absolute atomic E-state index is 1.06. The second-order valence-corrected chi connectivity index (χ2v) is 13.5. The Balaban J connectivity index is 0.00000165. The Morgan fingerprint density at radius 1 is 0.500 bits per heavy atom. The van der Waals surface area contributed by atoms with Crippen molar-refractivity contribution in [1.29, 1.82) is 0 Å². The van der Waals surface area contributed by atoms with Gasteiger partial charge in [-0.2, -0.15) is 0 Å². The average Bonchev–Trinajstić information content (AvgIpc) is 3.67. The van der Waals surface area contributed by atoms with Crippen LogP contribution in [0.1, 0.15) is 13.8 Å². The predicted octanol–water partition coefficient (Wildman–Crippen LogP) is 14.1. The Bertz CT molecular complexity index is 2550. The number of hydrogen-bond donors (Lipinski definition) is 0. The number of hydrogen-bond acceptors (Lipinski definition) is 2. The van der Waals surface area contributed by atoms with Crippen molar-refractivity contribution in [2.75, 3.05) is 4.90 Å². The van der Waals surface area contributed by atoms with Crippen molar-refractivity contribution in [3.63, 3.8) is 0 Å². The fraction of sp³-hybridized carbons (Fsp3) is 0.0455. The van der Waals surface area contributed by atoms with Gasteiger partial charge in [0, 0.05) is 58.0 Å². The van der Waals surface area contributed by atoms with Crippen molar-refractivity contribution >= 4 is 86.3 Å². The van der Waals surface area contributed by atoms with Crippen molar-refractivity contribution in [3.8, 4) is 16.8 Å². The van der Waals surface area contributed by atoms with Gasteiger partial charge in [0.1, 0.15) is 0 Å². The third kappa shape index (κ3) is 5.18. The van der Waals surface area contributed by atoms with E-state index in [9.17, 15) is 0 Å². The van der Waals surface area contributed by atoms with E-state index in [1.54, 1.807) is 0 Å². The number of aromatic nitrogens is 1. The van der Waals surface area contributed by atoms with E-state index < -0.39 is 0 Å². The molecule has 0 saturated carbocycles. The molecule has 0 spiro atoms. The molecular formula is C44H33BrN2S. The van der Waals surface area contributed by atoms with Crippen LogP contribution in [0.15, 0.2) is 168 Å². The molecule has 232 valence electrons. The van der Waals surface area contributed by atoms with Crippen molar-refractivity contribution in [1.82, 2.24) is 4.57 Å². The topological polar surface area (TPSA) is 8.17 Å². The molecule has 0 atom stereocenters. The van der Waals surface area contributed by atoms with Crippen LogP contribution in [0.5, 0.6) is 0 Å². The molecule has 0 fully saturated rings. The zero-order valence-electron chi connectivity index (χ0n) is 26.8. The number of nitrogens with zero attached hydrogens (tertiary/aromatic N) is 2. The van der Waals surface area contributed by atoms with Crippen LogP contribution in [0.4, 0.5) is 17.1 Å². The molecule has 0 amide bonds. The van der Waals surface area contributed by atoms with Gasteiger partial charge in [-0.3, -0.25) is 0 Å². The fourth-order valence-electron chi connectivity index (χ4n) is 6.79. The molecule has 0 saturated heterocycles. The molecule has 0 radical (unpaired) electrons. The summed E-state index contributed by atoms with van der Waals surface area (Å²) in [5.41, 5.74) is 9.23. The Kier molecular flexibility index (Phi) is 8.05. The van der Waals surface area contributed by atoms with Crippen molar-refractivity contribution in [2.24, 2.45) is 0 Å². The predicted molar refractivity (Wildman–Crippen MR) is 213 cm³/mol. The highest BCUT2D eigenvalue weighted by Gasteiger charge is 2.21. The lowest BCUT2D eigenvalue weighted by Crippen LogP contribution is -2.11. The summed E-state index contributed by atoms with van der Waals surface area (Å²) >= 11 is 5.57. The van der Waals surface area contributed by atoms with E-state index >= 15 is 0 Å².